The maximum atomic E-state index is 13.2. The molecule has 0 amide bonds. The van der Waals surface area contributed by atoms with E-state index in [1.54, 1.807) is 24.3 Å². The van der Waals surface area contributed by atoms with Crippen molar-refractivity contribution in [3.63, 3.8) is 0 Å². The van der Waals surface area contributed by atoms with Gasteiger partial charge >= 0.3 is 5.63 Å². The fourth-order valence-electron chi connectivity index (χ4n) is 3.26. The molecule has 164 valence electrons. The predicted molar refractivity (Wildman–Crippen MR) is 125 cm³/mol. The molecule has 32 heavy (non-hydrogen) atoms. The molecule has 4 aromatic rings. The largest absolute Gasteiger partial charge is 0.495 e. The second-order valence-corrected chi connectivity index (χ2v) is 8.96. The van der Waals surface area contributed by atoms with E-state index >= 15 is 0 Å². The molecule has 0 bridgehead atoms. The van der Waals surface area contributed by atoms with Gasteiger partial charge in [0.05, 0.1) is 12.8 Å². The number of ether oxygens (including phenoxy) is 1. The molecule has 3 aromatic carbocycles. The van der Waals surface area contributed by atoms with Crippen LogP contribution in [0.15, 0.2) is 86.9 Å². The average molecular weight is 471 g/mol. The Balaban J connectivity index is 1.82. The van der Waals surface area contributed by atoms with Crippen molar-refractivity contribution in [2.75, 3.05) is 17.1 Å². The summed E-state index contributed by atoms with van der Waals surface area (Å²) < 4.78 is 39.3. The molecular weight excluding hydrogens is 452 g/mol. The van der Waals surface area contributed by atoms with E-state index in [-0.39, 0.29) is 21.4 Å². The Morgan fingerprint density at radius 3 is 2.44 bits per heavy atom. The van der Waals surface area contributed by atoms with E-state index in [9.17, 15) is 13.2 Å². The molecule has 2 N–H and O–H groups in total. The lowest BCUT2D eigenvalue weighted by atomic mass is 10.1. The minimum Gasteiger partial charge on any atom is -0.495 e. The van der Waals surface area contributed by atoms with Crippen LogP contribution in [0, 0.1) is 0 Å². The number of fused-ring (bicyclic) bond motifs is 1. The molecule has 4 rings (SSSR count). The zero-order valence-electron chi connectivity index (χ0n) is 17.0. The molecular formula is C23H19ClN2O5S. The van der Waals surface area contributed by atoms with E-state index in [4.69, 9.17) is 20.8 Å². The lowest BCUT2D eigenvalue weighted by Crippen LogP contribution is -2.21. The first-order chi connectivity index (χ1) is 15.4. The molecule has 9 heteroatoms. The number of halogens is 1. The zero-order valence-corrected chi connectivity index (χ0v) is 18.5. The Kier molecular flexibility index (Phi) is 6.07. The zero-order chi connectivity index (χ0) is 22.7. The summed E-state index contributed by atoms with van der Waals surface area (Å²) in [5, 5.41) is 3.95. The minimum atomic E-state index is -4.23. The highest BCUT2D eigenvalue weighted by Gasteiger charge is 2.25. The summed E-state index contributed by atoms with van der Waals surface area (Å²) in [5.41, 5.74) is 0.530. The van der Waals surface area contributed by atoms with Crippen molar-refractivity contribution in [2.24, 2.45) is 0 Å². The molecule has 0 radical (unpaired) electrons. The van der Waals surface area contributed by atoms with Crippen LogP contribution in [0.3, 0.4) is 0 Å². The number of hydrogen-bond acceptors (Lipinski definition) is 6. The number of rotatable bonds is 7. The molecule has 0 aliphatic rings. The van der Waals surface area contributed by atoms with Gasteiger partial charge in [0.15, 0.2) is 5.69 Å². The molecule has 1 heterocycles. The highest BCUT2D eigenvalue weighted by atomic mass is 35.5. The van der Waals surface area contributed by atoms with E-state index in [0.717, 1.165) is 5.56 Å². The first-order valence-corrected chi connectivity index (χ1v) is 11.4. The SMILES string of the molecule is COc1ccc(Cl)cc1S(=O)(=O)Nc1c(NCc2ccccc2)c2ccccc2oc1=O. The van der Waals surface area contributed by atoms with Crippen LogP contribution in [0.1, 0.15) is 5.56 Å². The van der Waals surface area contributed by atoms with Crippen molar-refractivity contribution in [1.82, 2.24) is 0 Å². The molecule has 0 fully saturated rings. The van der Waals surface area contributed by atoms with E-state index < -0.39 is 15.6 Å². The van der Waals surface area contributed by atoms with Crippen molar-refractivity contribution in [3.05, 3.63) is 93.8 Å². The Morgan fingerprint density at radius 2 is 1.69 bits per heavy atom. The highest BCUT2D eigenvalue weighted by molar-refractivity contribution is 7.92. The van der Waals surface area contributed by atoms with Crippen molar-refractivity contribution in [2.45, 2.75) is 11.4 Å². The Labute approximate surface area is 189 Å². The van der Waals surface area contributed by atoms with Gasteiger partial charge in [0.25, 0.3) is 10.0 Å². The highest BCUT2D eigenvalue weighted by Crippen LogP contribution is 2.33. The number of hydrogen-bond donors (Lipinski definition) is 2. The van der Waals surface area contributed by atoms with Crippen molar-refractivity contribution in [3.8, 4) is 5.75 Å². The van der Waals surface area contributed by atoms with E-state index in [1.807, 2.05) is 30.3 Å². The van der Waals surface area contributed by atoms with E-state index in [1.165, 1.54) is 25.3 Å². The normalized spacial score (nSPS) is 11.3. The van der Waals surface area contributed by atoms with Crippen LogP contribution in [0.2, 0.25) is 5.02 Å². The van der Waals surface area contributed by atoms with Gasteiger partial charge in [0.1, 0.15) is 16.2 Å². The van der Waals surface area contributed by atoms with Gasteiger partial charge in [0.2, 0.25) is 0 Å². The minimum absolute atomic E-state index is 0.0888. The van der Waals surface area contributed by atoms with Crippen molar-refractivity contribution >= 4 is 44.0 Å². The molecule has 0 atom stereocenters. The topological polar surface area (TPSA) is 97.6 Å². The molecule has 0 aliphatic heterocycles. The Bertz CT molecular complexity index is 1440. The number of nitrogens with one attached hydrogen (secondary N) is 2. The maximum absolute atomic E-state index is 13.2. The van der Waals surface area contributed by atoms with E-state index in [0.29, 0.717) is 23.2 Å². The average Bonchev–Trinajstić information content (AvgIpc) is 2.79. The van der Waals surface area contributed by atoms with Gasteiger partial charge in [-0.1, -0.05) is 54.1 Å². The van der Waals surface area contributed by atoms with Crippen LogP contribution in [-0.4, -0.2) is 15.5 Å². The van der Waals surface area contributed by atoms with Crippen LogP contribution in [-0.2, 0) is 16.6 Å². The predicted octanol–water partition coefficient (Wildman–Crippen LogP) is 4.87. The van der Waals surface area contributed by atoms with Gasteiger partial charge in [-0.2, -0.15) is 0 Å². The van der Waals surface area contributed by atoms with Crippen LogP contribution in [0.4, 0.5) is 11.4 Å². The van der Waals surface area contributed by atoms with Gasteiger partial charge in [-0.25, -0.2) is 13.2 Å². The second kappa shape index (κ2) is 8.94. The Hall–Kier alpha value is -3.49. The summed E-state index contributed by atoms with van der Waals surface area (Å²) >= 11 is 6.00. The number of sulfonamides is 1. The molecule has 1 aromatic heterocycles. The fraction of sp³-hybridized carbons (Fsp3) is 0.0870. The summed E-state index contributed by atoms with van der Waals surface area (Å²) in [4.78, 5) is 12.6. The lowest BCUT2D eigenvalue weighted by molar-refractivity contribution is 0.403. The number of anilines is 2. The first-order valence-electron chi connectivity index (χ1n) is 9.59. The summed E-state index contributed by atoms with van der Waals surface area (Å²) in [6.07, 6.45) is 0. The first kappa shape index (κ1) is 21.7. The second-order valence-electron chi connectivity index (χ2n) is 6.88. The monoisotopic (exact) mass is 470 g/mol. The molecule has 0 saturated carbocycles. The van der Waals surface area contributed by atoms with Crippen molar-refractivity contribution in [1.29, 1.82) is 0 Å². The molecule has 0 spiro atoms. The third kappa shape index (κ3) is 4.42. The van der Waals surface area contributed by atoms with Crippen LogP contribution >= 0.6 is 11.6 Å². The maximum Gasteiger partial charge on any atom is 0.363 e. The molecule has 0 unspecified atom stereocenters. The van der Waals surface area contributed by atoms with Crippen LogP contribution in [0.25, 0.3) is 11.0 Å². The van der Waals surface area contributed by atoms with Gasteiger partial charge in [-0.15, -0.1) is 0 Å². The third-order valence-electron chi connectivity index (χ3n) is 4.78. The number of para-hydroxylation sites is 1. The summed E-state index contributed by atoms with van der Waals surface area (Å²) in [6, 6.07) is 20.6. The summed E-state index contributed by atoms with van der Waals surface area (Å²) in [6.45, 7) is 0.365. The Morgan fingerprint density at radius 1 is 0.969 bits per heavy atom. The fourth-order valence-corrected chi connectivity index (χ4v) is 4.76. The van der Waals surface area contributed by atoms with Gasteiger partial charge < -0.3 is 14.5 Å². The van der Waals surface area contributed by atoms with Gasteiger partial charge in [-0.3, -0.25) is 4.72 Å². The number of benzene rings is 3. The smallest absolute Gasteiger partial charge is 0.363 e. The molecule has 0 aliphatic carbocycles. The summed E-state index contributed by atoms with van der Waals surface area (Å²) in [5.74, 6) is 0.0888. The van der Waals surface area contributed by atoms with Crippen molar-refractivity contribution < 1.29 is 17.6 Å². The van der Waals surface area contributed by atoms with E-state index in [2.05, 4.69) is 10.0 Å². The summed E-state index contributed by atoms with van der Waals surface area (Å²) in [7, 11) is -2.89. The quantitative estimate of drug-likeness (QED) is 0.374. The number of methoxy groups -OCH3 is 1. The lowest BCUT2D eigenvalue weighted by Gasteiger charge is -2.16. The van der Waals surface area contributed by atoms with Crippen LogP contribution in [0.5, 0.6) is 5.75 Å². The molecule has 7 nitrogen and oxygen atoms in total. The van der Waals surface area contributed by atoms with Gasteiger partial charge in [-0.05, 0) is 35.9 Å². The standard InChI is InChI=1S/C23H19ClN2O5S/c1-30-19-12-11-16(24)13-20(19)32(28,29)26-22-21(25-14-15-7-3-2-4-8-15)17-9-5-6-10-18(17)31-23(22)27/h2-13,25-26H,14H2,1H3. The third-order valence-corrected chi connectivity index (χ3v) is 6.38. The molecule has 0 saturated heterocycles. The van der Waals surface area contributed by atoms with Gasteiger partial charge in [0, 0.05) is 17.0 Å². The van der Waals surface area contributed by atoms with Crippen LogP contribution < -0.4 is 20.4 Å².